The minimum absolute atomic E-state index is 0.0248. The zero-order valence-corrected chi connectivity index (χ0v) is 23.6. The van der Waals surface area contributed by atoms with Crippen molar-refractivity contribution in [1.82, 2.24) is 24.6 Å². The molecule has 10 heteroatoms. The van der Waals surface area contributed by atoms with Gasteiger partial charge in [0.1, 0.15) is 5.82 Å². The maximum Gasteiger partial charge on any atom is 0.254 e. The van der Waals surface area contributed by atoms with E-state index in [0.717, 1.165) is 16.8 Å². The van der Waals surface area contributed by atoms with Crippen molar-refractivity contribution in [3.8, 4) is 17.1 Å². The maximum absolute atomic E-state index is 14.3. The van der Waals surface area contributed by atoms with Gasteiger partial charge in [0, 0.05) is 60.5 Å². The van der Waals surface area contributed by atoms with E-state index in [9.17, 15) is 9.18 Å². The van der Waals surface area contributed by atoms with Gasteiger partial charge in [-0.25, -0.2) is 4.39 Å². The molecule has 1 amide bonds. The highest BCUT2D eigenvalue weighted by Crippen LogP contribution is 2.31. The SMILES string of the molecule is O=C(c1ccccc1CSc1nnc(-c2ccncc2)n1-c1cccc(Cl)c1)N1CCN(c2ccccc2F)CC1. The first kappa shape index (κ1) is 27.0. The molecule has 3 aromatic carbocycles. The van der Waals surface area contributed by atoms with Crippen LogP contribution in [0.2, 0.25) is 5.02 Å². The van der Waals surface area contributed by atoms with Gasteiger partial charge >= 0.3 is 0 Å². The number of para-hydroxylation sites is 1. The van der Waals surface area contributed by atoms with Crippen LogP contribution < -0.4 is 4.90 Å². The van der Waals surface area contributed by atoms with Crippen molar-refractivity contribution >= 4 is 35.0 Å². The lowest BCUT2D eigenvalue weighted by molar-refractivity contribution is 0.0746. The number of hydrogen-bond donors (Lipinski definition) is 0. The van der Waals surface area contributed by atoms with Crippen LogP contribution in [0.4, 0.5) is 10.1 Å². The number of benzene rings is 3. The summed E-state index contributed by atoms with van der Waals surface area (Å²) in [6, 6.07) is 25.7. The first-order valence-corrected chi connectivity index (χ1v) is 14.6. The molecule has 0 saturated carbocycles. The summed E-state index contributed by atoms with van der Waals surface area (Å²) in [6.07, 6.45) is 3.44. The van der Waals surface area contributed by atoms with E-state index in [1.54, 1.807) is 24.5 Å². The van der Waals surface area contributed by atoms with E-state index in [-0.39, 0.29) is 11.7 Å². The Morgan fingerprint density at radius 1 is 0.878 bits per heavy atom. The summed E-state index contributed by atoms with van der Waals surface area (Å²) in [4.78, 5) is 21.6. The molecule has 0 unspecified atom stereocenters. The van der Waals surface area contributed by atoms with Gasteiger partial charge in [-0.1, -0.05) is 59.8 Å². The fourth-order valence-corrected chi connectivity index (χ4v) is 6.07. The Bertz CT molecular complexity index is 1670. The van der Waals surface area contributed by atoms with E-state index in [1.165, 1.54) is 17.8 Å². The summed E-state index contributed by atoms with van der Waals surface area (Å²) in [5.74, 6) is 0.927. The van der Waals surface area contributed by atoms with Gasteiger partial charge in [0.25, 0.3) is 5.91 Å². The number of aromatic nitrogens is 4. The predicted octanol–water partition coefficient (Wildman–Crippen LogP) is 6.38. The van der Waals surface area contributed by atoms with Gasteiger partial charge in [-0.3, -0.25) is 14.3 Å². The van der Waals surface area contributed by atoms with Crippen LogP contribution in [0.15, 0.2) is 102 Å². The highest BCUT2D eigenvalue weighted by atomic mass is 35.5. The lowest BCUT2D eigenvalue weighted by Crippen LogP contribution is -2.49. The third-order valence-electron chi connectivity index (χ3n) is 7.00. The zero-order chi connectivity index (χ0) is 28.2. The largest absolute Gasteiger partial charge is 0.366 e. The summed E-state index contributed by atoms with van der Waals surface area (Å²) < 4.78 is 16.3. The molecular weight excluding hydrogens is 559 g/mol. The van der Waals surface area contributed by atoms with E-state index in [4.69, 9.17) is 11.6 Å². The van der Waals surface area contributed by atoms with Crippen molar-refractivity contribution in [3.05, 3.63) is 119 Å². The molecule has 1 aliphatic heterocycles. The molecule has 1 aliphatic rings. The molecule has 2 aromatic heterocycles. The quantitative estimate of drug-likeness (QED) is 0.207. The second-order valence-corrected chi connectivity index (χ2v) is 10.9. The van der Waals surface area contributed by atoms with Crippen molar-refractivity contribution < 1.29 is 9.18 Å². The molecule has 7 nitrogen and oxygen atoms in total. The van der Waals surface area contributed by atoms with Crippen LogP contribution >= 0.6 is 23.4 Å². The average molecular weight is 585 g/mol. The molecular formula is C31H26ClFN6OS. The topological polar surface area (TPSA) is 67.2 Å². The summed E-state index contributed by atoms with van der Waals surface area (Å²) in [7, 11) is 0. The van der Waals surface area contributed by atoms with Gasteiger partial charge < -0.3 is 9.80 Å². The standard InChI is InChI=1S/C31H26ClFN6OS/c32-24-7-5-8-25(20-24)39-29(22-12-14-34-15-13-22)35-36-31(39)41-21-23-6-1-2-9-26(23)30(40)38-18-16-37(17-19-38)28-11-4-3-10-27(28)33/h1-15,20H,16-19,21H2. The molecule has 0 spiro atoms. The Kier molecular flexibility index (Phi) is 7.98. The molecule has 0 bridgehead atoms. The normalized spacial score (nSPS) is 13.4. The average Bonchev–Trinajstić information content (AvgIpc) is 3.45. The van der Waals surface area contributed by atoms with Gasteiger partial charge in [0.15, 0.2) is 11.0 Å². The number of carbonyl (C=O) groups excluding carboxylic acids is 1. The molecule has 0 radical (unpaired) electrons. The van der Waals surface area contributed by atoms with Crippen molar-refractivity contribution in [2.24, 2.45) is 0 Å². The Morgan fingerprint density at radius 2 is 1.63 bits per heavy atom. The summed E-state index contributed by atoms with van der Waals surface area (Å²) in [5, 5.41) is 10.3. The van der Waals surface area contributed by atoms with Crippen molar-refractivity contribution in [1.29, 1.82) is 0 Å². The second-order valence-electron chi connectivity index (χ2n) is 9.53. The Morgan fingerprint density at radius 3 is 2.41 bits per heavy atom. The van der Waals surface area contributed by atoms with E-state index in [2.05, 4.69) is 15.2 Å². The number of halogens is 2. The van der Waals surface area contributed by atoms with Crippen LogP contribution in [0, 0.1) is 5.82 Å². The highest BCUT2D eigenvalue weighted by molar-refractivity contribution is 7.98. The fraction of sp³-hybridized carbons (Fsp3) is 0.161. The smallest absolute Gasteiger partial charge is 0.254 e. The number of rotatable bonds is 7. The van der Waals surface area contributed by atoms with Crippen LogP contribution in [-0.4, -0.2) is 56.7 Å². The molecule has 3 heterocycles. The van der Waals surface area contributed by atoms with Crippen LogP contribution in [-0.2, 0) is 5.75 Å². The summed E-state index contributed by atoms with van der Waals surface area (Å²) >= 11 is 7.84. The molecule has 0 atom stereocenters. The number of nitrogens with zero attached hydrogens (tertiary/aromatic N) is 6. The van der Waals surface area contributed by atoms with Gasteiger partial charge in [0.2, 0.25) is 0 Å². The fourth-order valence-electron chi connectivity index (χ4n) is 4.93. The highest BCUT2D eigenvalue weighted by Gasteiger charge is 2.25. The number of anilines is 1. The first-order valence-electron chi connectivity index (χ1n) is 13.2. The third-order valence-corrected chi connectivity index (χ3v) is 8.22. The second kappa shape index (κ2) is 12.1. The number of carbonyl (C=O) groups is 1. The number of hydrogen-bond acceptors (Lipinski definition) is 6. The molecule has 6 rings (SSSR count). The molecule has 0 N–H and O–H groups in total. The lowest BCUT2D eigenvalue weighted by atomic mass is 10.1. The zero-order valence-electron chi connectivity index (χ0n) is 22.0. The van der Waals surface area contributed by atoms with Crippen molar-refractivity contribution in [3.63, 3.8) is 0 Å². The molecule has 0 aliphatic carbocycles. The summed E-state index contributed by atoms with van der Waals surface area (Å²) in [5.41, 5.74) is 3.86. The van der Waals surface area contributed by atoms with Crippen LogP contribution in [0.1, 0.15) is 15.9 Å². The molecule has 41 heavy (non-hydrogen) atoms. The number of amides is 1. The Labute approximate surface area is 246 Å². The van der Waals surface area contributed by atoms with Crippen molar-refractivity contribution in [2.45, 2.75) is 10.9 Å². The van der Waals surface area contributed by atoms with E-state index >= 15 is 0 Å². The number of pyridine rings is 1. The van der Waals surface area contributed by atoms with E-state index < -0.39 is 0 Å². The number of thioether (sulfide) groups is 1. The van der Waals surface area contributed by atoms with Gasteiger partial charge in [0.05, 0.1) is 11.4 Å². The monoisotopic (exact) mass is 584 g/mol. The molecule has 1 fully saturated rings. The molecule has 1 saturated heterocycles. The minimum atomic E-state index is -0.243. The Hall–Kier alpha value is -4.21. The molecule has 5 aromatic rings. The van der Waals surface area contributed by atoms with E-state index in [0.29, 0.717) is 59.2 Å². The Balaban J connectivity index is 1.22. The summed E-state index contributed by atoms with van der Waals surface area (Å²) in [6.45, 7) is 2.19. The lowest BCUT2D eigenvalue weighted by Gasteiger charge is -2.36. The van der Waals surface area contributed by atoms with Gasteiger partial charge in [-0.05, 0) is 54.1 Å². The maximum atomic E-state index is 14.3. The predicted molar refractivity (Wildman–Crippen MR) is 160 cm³/mol. The number of piperazine rings is 1. The third kappa shape index (κ3) is 5.82. The first-order chi connectivity index (χ1) is 20.1. The van der Waals surface area contributed by atoms with Crippen LogP contribution in [0.3, 0.4) is 0 Å². The molecule has 206 valence electrons. The van der Waals surface area contributed by atoms with Gasteiger partial charge in [-0.15, -0.1) is 10.2 Å². The van der Waals surface area contributed by atoms with E-state index in [1.807, 2.05) is 81.1 Å². The van der Waals surface area contributed by atoms with Gasteiger partial charge in [-0.2, -0.15) is 0 Å². The van der Waals surface area contributed by atoms with Crippen LogP contribution in [0.25, 0.3) is 17.1 Å². The van der Waals surface area contributed by atoms with Crippen LogP contribution in [0.5, 0.6) is 0 Å². The minimum Gasteiger partial charge on any atom is -0.366 e. The van der Waals surface area contributed by atoms with Crippen molar-refractivity contribution in [2.75, 3.05) is 31.1 Å².